The minimum absolute atomic E-state index is 0.276. The van der Waals surface area contributed by atoms with E-state index < -0.39 is 0 Å². The zero-order chi connectivity index (χ0) is 14.1. The van der Waals surface area contributed by atoms with E-state index >= 15 is 0 Å². The largest absolute Gasteiger partial charge is 0.369 e. The van der Waals surface area contributed by atoms with Gasteiger partial charge in [-0.1, -0.05) is 20.8 Å². The van der Waals surface area contributed by atoms with E-state index in [2.05, 4.69) is 35.3 Å². The van der Waals surface area contributed by atoms with Crippen LogP contribution in [0.2, 0.25) is 0 Å². The van der Waals surface area contributed by atoms with Gasteiger partial charge in [-0.15, -0.1) is 0 Å². The molecule has 0 spiro atoms. The van der Waals surface area contributed by atoms with Crippen LogP contribution in [0.25, 0.3) is 11.0 Å². The maximum atomic E-state index is 6.27. The molecule has 0 saturated heterocycles. The summed E-state index contributed by atoms with van der Waals surface area (Å²) in [5.41, 5.74) is 8.93. The number of nitrogens with two attached hydrogens (primary N) is 1. The molecular formula is C16H22N4. The molecule has 3 unspecified atom stereocenters. The third kappa shape index (κ3) is 1.32. The van der Waals surface area contributed by atoms with Gasteiger partial charge in [0.2, 0.25) is 5.95 Å². The van der Waals surface area contributed by atoms with E-state index in [1.807, 2.05) is 18.5 Å². The van der Waals surface area contributed by atoms with Crippen LogP contribution in [0.5, 0.6) is 0 Å². The van der Waals surface area contributed by atoms with Crippen LogP contribution in [0.4, 0.5) is 5.95 Å². The molecule has 2 aliphatic carbocycles. The average Bonchev–Trinajstić information content (AvgIpc) is 2.97. The maximum Gasteiger partial charge on any atom is 0.201 e. The Kier molecular flexibility index (Phi) is 2.16. The predicted octanol–water partition coefficient (Wildman–Crippen LogP) is 3.40. The lowest BCUT2D eigenvalue weighted by atomic mass is 9.68. The van der Waals surface area contributed by atoms with Crippen LogP contribution in [-0.4, -0.2) is 14.5 Å². The van der Waals surface area contributed by atoms with Crippen molar-refractivity contribution in [2.45, 2.75) is 46.1 Å². The Morgan fingerprint density at radius 1 is 1.35 bits per heavy atom. The van der Waals surface area contributed by atoms with Crippen molar-refractivity contribution in [3.63, 3.8) is 0 Å². The van der Waals surface area contributed by atoms with Crippen molar-refractivity contribution in [1.29, 1.82) is 0 Å². The van der Waals surface area contributed by atoms with Gasteiger partial charge in [0, 0.05) is 12.2 Å². The van der Waals surface area contributed by atoms with Gasteiger partial charge in [0.1, 0.15) is 5.52 Å². The lowest BCUT2D eigenvalue weighted by molar-refractivity contribution is 0.0882. The summed E-state index contributed by atoms with van der Waals surface area (Å²) in [6.07, 6.45) is 7.62. The molecule has 2 saturated carbocycles. The van der Waals surface area contributed by atoms with Gasteiger partial charge in [-0.2, -0.15) is 0 Å². The highest BCUT2D eigenvalue weighted by Gasteiger charge is 2.60. The Morgan fingerprint density at radius 2 is 2.15 bits per heavy atom. The van der Waals surface area contributed by atoms with Crippen molar-refractivity contribution in [1.82, 2.24) is 14.5 Å². The summed E-state index contributed by atoms with van der Waals surface area (Å²) in [4.78, 5) is 8.68. The number of nitrogens with zero attached hydrogens (tertiary/aromatic N) is 3. The molecule has 2 fully saturated rings. The highest BCUT2D eigenvalue weighted by molar-refractivity contribution is 5.77. The normalized spacial score (nSPS) is 35.0. The molecule has 0 amide bonds. The lowest BCUT2D eigenvalue weighted by Crippen LogP contribution is -2.37. The fraction of sp³-hybridized carbons (Fsp3) is 0.625. The zero-order valence-corrected chi connectivity index (χ0v) is 12.4. The van der Waals surface area contributed by atoms with Crippen molar-refractivity contribution in [3.05, 3.63) is 18.5 Å². The van der Waals surface area contributed by atoms with E-state index in [1.54, 1.807) is 0 Å². The number of imidazole rings is 1. The molecule has 2 aromatic heterocycles. The highest BCUT2D eigenvalue weighted by Crippen LogP contribution is 2.68. The Morgan fingerprint density at radius 3 is 2.85 bits per heavy atom. The van der Waals surface area contributed by atoms with E-state index in [-0.39, 0.29) is 5.41 Å². The summed E-state index contributed by atoms with van der Waals surface area (Å²) in [7, 11) is 0. The first-order valence-corrected chi connectivity index (χ1v) is 7.51. The van der Waals surface area contributed by atoms with E-state index in [4.69, 9.17) is 5.73 Å². The molecule has 2 aromatic rings. The number of rotatable bonds is 1. The minimum Gasteiger partial charge on any atom is -0.369 e. The lowest BCUT2D eigenvalue weighted by Gasteiger charge is -2.44. The predicted molar refractivity (Wildman–Crippen MR) is 80.2 cm³/mol. The van der Waals surface area contributed by atoms with E-state index in [9.17, 15) is 0 Å². The molecule has 4 nitrogen and oxygen atoms in total. The van der Waals surface area contributed by atoms with Crippen molar-refractivity contribution in [3.8, 4) is 0 Å². The average molecular weight is 270 g/mol. The van der Waals surface area contributed by atoms with Crippen LogP contribution < -0.4 is 5.73 Å². The standard InChI is InChI=1S/C16H22N4/c1-15(2)10-4-6-16(3,8-10)13(15)20-12-5-7-18-9-11(12)19-14(20)17/h5,7,9-10,13H,4,6,8H2,1-3H3,(H2,17,19). The molecule has 3 atom stereocenters. The summed E-state index contributed by atoms with van der Waals surface area (Å²) >= 11 is 0. The summed E-state index contributed by atoms with van der Waals surface area (Å²) < 4.78 is 2.29. The summed E-state index contributed by atoms with van der Waals surface area (Å²) in [6.45, 7) is 7.23. The van der Waals surface area contributed by atoms with Crippen molar-refractivity contribution in [2.75, 3.05) is 5.73 Å². The van der Waals surface area contributed by atoms with Crippen LogP contribution >= 0.6 is 0 Å². The minimum atomic E-state index is 0.276. The number of nitrogen functional groups attached to an aromatic ring is 1. The summed E-state index contributed by atoms with van der Waals surface area (Å²) in [5.74, 6) is 1.44. The quantitative estimate of drug-likeness (QED) is 0.864. The van der Waals surface area contributed by atoms with Gasteiger partial charge in [0.25, 0.3) is 0 Å². The second kappa shape index (κ2) is 3.54. The van der Waals surface area contributed by atoms with Crippen molar-refractivity contribution < 1.29 is 0 Å². The number of hydrogen-bond donors (Lipinski definition) is 1. The maximum absolute atomic E-state index is 6.27. The van der Waals surface area contributed by atoms with Crippen LogP contribution in [0.3, 0.4) is 0 Å². The second-order valence-corrected chi connectivity index (χ2v) is 7.52. The molecule has 4 heteroatoms. The Labute approximate surface area is 119 Å². The van der Waals surface area contributed by atoms with Gasteiger partial charge in [-0.25, -0.2) is 4.98 Å². The van der Waals surface area contributed by atoms with Gasteiger partial charge < -0.3 is 10.3 Å². The van der Waals surface area contributed by atoms with Gasteiger partial charge >= 0.3 is 0 Å². The van der Waals surface area contributed by atoms with E-state index in [0.29, 0.717) is 17.4 Å². The van der Waals surface area contributed by atoms with Gasteiger partial charge in [0.05, 0.1) is 11.7 Å². The van der Waals surface area contributed by atoms with Crippen molar-refractivity contribution >= 4 is 17.0 Å². The van der Waals surface area contributed by atoms with Crippen LogP contribution in [0.15, 0.2) is 18.5 Å². The Balaban J connectivity index is 1.97. The third-order valence-corrected chi connectivity index (χ3v) is 5.97. The molecule has 4 rings (SSSR count). The Hall–Kier alpha value is -1.58. The molecular weight excluding hydrogens is 248 g/mol. The first-order valence-electron chi connectivity index (χ1n) is 7.51. The first-order chi connectivity index (χ1) is 9.43. The number of hydrogen-bond acceptors (Lipinski definition) is 3. The fourth-order valence-corrected chi connectivity index (χ4v) is 5.16. The first kappa shape index (κ1) is 12.2. The molecule has 2 bridgehead atoms. The fourth-order valence-electron chi connectivity index (χ4n) is 5.16. The molecule has 0 aromatic carbocycles. The number of aromatic nitrogens is 3. The number of pyridine rings is 1. The number of anilines is 1. The van der Waals surface area contributed by atoms with Crippen LogP contribution in [0, 0.1) is 16.7 Å². The molecule has 2 heterocycles. The van der Waals surface area contributed by atoms with Crippen molar-refractivity contribution in [2.24, 2.45) is 16.7 Å². The van der Waals surface area contributed by atoms with E-state index in [1.165, 1.54) is 19.3 Å². The summed E-state index contributed by atoms with van der Waals surface area (Å²) in [5, 5.41) is 0. The summed E-state index contributed by atoms with van der Waals surface area (Å²) in [6, 6.07) is 2.48. The molecule has 106 valence electrons. The number of fused-ring (bicyclic) bond motifs is 3. The smallest absolute Gasteiger partial charge is 0.201 e. The van der Waals surface area contributed by atoms with Gasteiger partial charge in [-0.3, -0.25) is 4.98 Å². The molecule has 20 heavy (non-hydrogen) atoms. The third-order valence-electron chi connectivity index (χ3n) is 5.97. The Bertz CT molecular complexity index is 682. The molecule has 2 N–H and O–H groups in total. The van der Waals surface area contributed by atoms with E-state index in [0.717, 1.165) is 17.0 Å². The molecule has 0 radical (unpaired) electrons. The topological polar surface area (TPSA) is 56.7 Å². The van der Waals surface area contributed by atoms with Gasteiger partial charge in [-0.05, 0) is 42.1 Å². The second-order valence-electron chi connectivity index (χ2n) is 7.52. The zero-order valence-electron chi connectivity index (χ0n) is 12.4. The monoisotopic (exact) mass is 270 g/mol. The van der Waals surface area contributed by atoms with Crippen LogP contribution in [0.1, 0.15) is 46.1 Å². The highest BCUT2D eigenvalue weighted by atomic mass is 15.2. The van der Waals surface area contributed by atoms with Crippen LogP contribution in [-0.2, 0) is 0 Å². The van der Waals surface area contributed by atoms with Gasteiger partial charge in [0.15, 0.2) is 0 Å². The molecule has 0 aliphatic heterocycles. The SMILES string of the molecule is CC12CCC(C1)C(C)(C)C2n1c(N)nc2cnccc21. The molecule has 2 aliphatic rings.